The molecule has 0 spiro atoms. The maximum atomic E-state index is 12.0. The highest BCUT2D eigenvalue weighted by Crippen LogP contribution is 2.10. The van der Waals surface area contributed by atoms with E-state index in [0.29, 0.717) is 19.0 Å². The molecule has 0 unspecified atom stereocenters. The van der Waals surface area contributed by atoms with Crippen LogP contribution in [-0.4, -0.2) is 40.2 Å². The highest BCUT2D eigenvalue weighted by Gasteiger charge is 2.21. The molecule has 2 amide bonds. The molecule has 0 radical (unpaired) electrons. The van der Waals surface area contributed by atoms with Crippen LogP contribution in [-0.2, 0) is 11.3 Å². The zero-order valence-electron chi connectivity index (χ0n) is 12.7. The molecule has 0 aliphatic carbocycles. The van der Waals surface area contributed by atoms with Crippen LogP contribution in [0.5, 0.6) is 0 Å². The molecule has 1 aromatic rings. The maximum absolute atomic E-state index is 12.0. The lowest BCUT2D eigenvalue weighted by atomic mass is 10.3. The molecule has 0 fully saturated rings. The van der Waals surface area contributed by atoms with Gasteiger partial charge in [0.05, 0.1) is 6.54 Å². The largest absolute Gasteiger partial charge is 0.446 e. The molecular formula is C14H22ClN3O3. The Morgan fingerprint density at radius 1 is 1.43 bits per heavy atom. The number of hydrogen-bond acceptors (Lipinski definition) is 4. The van der Waals surface area contributed by atoms with E-state index in [2.05, 4.69) is 10.3 Å². The summed E-state index contributed by atoms with van der Waals surface area (Å²) in [5.41, 5.74) is 0.223. The van der Waals surface area contributed by atoms with Crippen LogP contribution in [0.2, 0.25) is 0 Å². The van der Waals surface area contributed by atoms with Gasteiger partial charge in [0.25, 0.3) is 5.91 Å². The molecule has 7 heteroatoms. The van der Waals surface area contributed by atoms with E-state index in [9.17, 15) is 9.59 Å². The van der Waals surface area contributed by atoms with Gasteiger partial charge in [-0.15, -0.1) is 11.6 Å². The normalized spacial score (nSPS) is 12.0. The van der Waals surface area contributed by atoms with Gasteiger partial charge in [0.15, 0.2) is 5.69 Å². The second-order valence-electron chi connectivity index (χ2n) is 4.76. The predicted octanol–water partition coefficient (Wildman–Crippen LogP) is 2.18. The minimum atomic E-state index is -0.598. The fraction of sp³-hybridized carbons (Fsp3) is 0.643. The molecule has 0 saturated heterocycles. The van der Waals surface area contributed by atoms with Crippen molar-refractivity contribution in [2.45, 2.75) is 45.5 Å². The molecule has 1 rings (SSSR count). The van der Waals surface area contributed by atoms with Crippen LogP contribution in [0, 0.1) is 0 Å². The summed E-state index contributed by atoms with van der Waals surface area (Å²) in [6.07, 6.45) is 2.96. The molecule has 1 N–H and O–H groups in total. The zero-order chi connectivity index (χ0) is 15.8. The molecule has 0 bridgehead atoms. The minimum absolute atomic E-state index is 0.172. The molecule has 0 aromatic carbocycles. The number of halogens is 1. The fourth-order valence-electron chi connectivity index (χ4n) is 1.77. The Morgan fingerprint density at radius 2 is 2.14 bits per heavy atom. The van der Waals surface area contributed by atoms with Crippen molar-refractivity contribution >= 4 is 23.4 Å². The number of aromatic nitrogens is 1. The molecule has 118 valence electrons. The monoisotopic (exact) mass is 315 g/mol. The topological polar surface area (TPSA) is 75.4 Å². The van der Waals surface area contributed by atoms with E-state index >= 15 is 0 Å². The van der Waals surface area contributed by atoms with Crippen molar-refractivity contribution < 1.29 is 14.0 Å². The van der Waals surface area contributed by atoms with Gasteiger partial charge in [-0.05, 0) is 19.8 Å². The van der Waals surface area contributed by atoms with Gasteiger partial charge in [0.1, 0.15) is 11.6 Å². The molecule has 1 heterocycles. The van der Waals surface area contributed by atoms with Crippen LogP contribution in [0.4, 0.5) is 0 Å². The fourth-order valence-corrected chi connectivity index (χ4v) is 1.91. The Hall–Kier alpha value is -1.56. The van der Waals surface area contributed by atoms with Gasteiger partial charge in [-0.3, -0.25) is 9.59 Å². The van der Waals surface area contributed by atoms with Crippen LogP contribution in [0.15, 0.2) is 10.7 Å². The average Bonchev–Trinajstić information content (AvgIpc) is 2.92. The number of hydrogen-bond donors (Lipinski definition) is 1. The number of amides is 2. The SMILES string of the molecule is CCCNC(=O)c1coc(CN(CCC)C(=O)[C@@H](C)Cl)n1. The van der Waals surface area contributed by atoms with Crippen molar-refractivity contribution in [3.05, 3.63) is 17.8 Å². The second kappa shape index (κ2) is 8.67. The van der Waals surface area contributed by atoms with Gasteiger partial charge in [-0.2, -0.15) is 0 Å². The van der Waals surface area contributed by atoms with Crippen molar-refractivity contribution in [1.82, 2.24) is 15.2 Å². The molecular weight excluding hydrogens is 294 g/mol. The third kappa shape index (κ3) is 5.38. The van der Waals surface area contributed by atoms with Crippen LogP contribution >= 0.6 is 11.6 Å². The lowest BCUT2D eigenvalue weighted by Crippen LogP contribution is -2.36. The Bertz CT molecular complexity index is 474. The summed E-state index contributed by atoms with van der Waals surface area (Å²) in [4.78, 5) is 29.4. The van der Waals surface area contributed by atoms with Crippen LogP contribution in [0.3, 0.4) is 0 Å². The van der Waals surface area contributed by atoms with E-state index in [1.165, 1.54) is 6.26 Å². The predicted molar refractivity (Wildman–Crippen MR) is 80.2 cm³/mol. The highest BCUT2D eigenvalue weighted by atomic mass is 35.5. The number of carbonyl (C=O) groups excluding carboxylic acids is 2. The summed E-state index contributed by atoms with van der Waals surface area (Å²) in [6.45, 7) is 6.94. The van der Waals surface area contributed by atoms with Crippen LogP contribution in [0.1, 0.15) is 50.0 Å². The van der Waals surface area contributed by atoms with Crippen molar-refractivity contribution in [2.24, 2.45) is 0 Å². The number of oxazole rings is 1. The van der Waals surface area contributed by atoms with Crippen molar-refractivity contribution in [3.63, 3.8) is 0 Å². The van der Waals surface area contributed by atoms with Crippen molar-refractivity contribution in [1.29, 1.82) is 0 Å². The molecule has 0 saturated carbocycles. The summed E-state index contributed by atoms with van der Waals surface area (Å²) >= 11 is 5.83. The molecule has 1 aromatic heterocycles. The first-order valence-electron chi connectivity index (χ1n) is 7.15. The van der Waals surface area contributed by atoms with E-state index in [0.717, 1.165) is 12.8 Å². The third-order valence-electron chi connectivity index (χ3n) is 2.79. The second-order valence-corrected chi connectivity index (χ2v) is 5.41. The number of rotatable bonds is 8. The van der Waals surface area contributed by atoms with Gasteiger partial charge in [0, 0.05) is 13.1 Å². The number of carbonyl (C=O) groups is 2. The number of nitrogens with zero attached hydrogens (tertiary/aromatic N) is 2. The summed E-state index contributed by atoms with van der Waals surface area (Å²) in [7, 11) is 0. The lowest BCUT2D eigenvalue weighted by Gasteiger charge is -2.21. The van der Waals surface area contributed by atoms with Gasteiger partial charge < -0.3 is 14.6 Å². The summed E-state index contributed by atoms with van der Waals surface area (Å²) < 4.78 is 5.26. The summed E-state index contributed by atoms with van der Waals surface area (Å²) in [5.74, 6) is -0.115. The first-order chi connectivity index (χ1) is 9.99. The van der Waals surface area contributed by atoms with E-state index < -0.39 is 5.38 Å². The first-order valence-corrected chi connectivity index (χ1v) is 7.58. The van der Waals surface area contributed by atoms with E-state index in [1.807, 2.05) is 13.8 Å². The van der Waals surface area contributed by atoms with Crippen LogP contribution < -0.4 is 5.32 Å². The first kappa shape index (κ1) is 17.5. The third-order valence-corrected chi connectivity index (χ3v) is 2.98. The number of nitrogens with one attached hydrogen (secondary N) is 1. The Balaban J connectivity index is 2.70. The maximum Gasteiger partial charge on any atom is 0.273 e. The number of alkyl halides is 1. The van der Waals surface area contributed by atoms with Gasteiger partial charge in [0.2, 0.25) is 11.8 Å². The Morgan fingerprint density at radius 3 is 2.71 bits per heavy atom. The summed E-state index contributed by atoms with van der Waals surface area (Å²) in [6, 6.07) is 0. The molecule has 6 nitrogen and oxygen atoms in total. The van der Waals surface area contributed by atoms with Crippen molar-refractivity contribution in [3.8, 4) is 0 Å². The van der Waals surface area contributed by atoms with E-state index in [1.54, 1.807) is 11.8 Å². The highest BCUT2D eigenvalue weighted by molar-refractivity contribution is 6.30. The average molecular weight is 316 g/mol. The molecule has 21 heavy (non-hydrogen) atoms. The van der Waals surface area contributed by atoms with Gasteiger partial charge >= 0.3 is 0 Å². The zero-order valence-corrected chi connectivity index (χ0v) is 13.4. The van der Waals surface area contributed by atoms with Gasteiger partial charge in [-0.1, -0.05) is 13.8 Å². The van der Waals surface area contributed by atoms with E-state index in [4.69, 9.17) is 16.0 Å². The molecule has 0 aliphatic heterocycles. The molecule has 0 aliphatic rings. The Labute approximate surface area is 129 Å². The minimum Gasteiger partial charge on any atom is -0.446 e. The standard InChI is InChI=1S/C14H22ClN3O3/c1-4-6-16-13(19)11-9-21-12(17-11)8-18(7-5-2)14(20)10(3)15/h9-10H,4-8H2,1-3H3,(H,16,19)/t10-/m1/s1. The smallest absolute Gasteiger partial charge is 0.273 e. The summed E-state index contributed by atoms with van der Waals surface area (Å²) in [5, 5.41) is 2.12. The van der Waals surface area contributed by atoms with E-state index in [-0.39, 0.29) is 24.1 Å². The Kier molecular flexibility index (Phi) is 7.22. The quantitative estimate of drug-likeness (QED) is 0.746. The molecule has 1 atom stereocenters. The van der Waals surface area contributed by atoms with Crippen molar-refractivity contribution in [2.75, 3.05) is 13.1 Å². The van der Waals surface area contributed by atoms with Gasteiger partial charge in [-0.25, -0.2) is 4.98 Å². The van der Waals surface area contributed by atoms with Crippen LogP contribution in [0.25, 0.3) is 0 Å². The lowest BCUT2D eigenvalue weighted by molar-refractivity contribution is -0.131.